The molecule has 0 bridgehead atoms. The summed E-state index contributed by atoms with van der Waals surface area (Å²) in [7, 11) is 0. The smallest absolute Gasteiger partial charge is 0.103 e. The fourth-order valence-electron chi connectivity index (χ4n) is 2.87. The maximum Gasteiger partial charge on any atom is 0.103 e. The Morgan fingerprint density at radius 3 is 2.80 bits per heavy atom. The van der Waals surface area contributed by atoms with Crippen LogP contribution < -0.4 is 0 Å². The number of aryl methyl sites for hydroxylation is 3. The minimum absolute atomic E-state index is 0.512. The first-order valence-corrected chi connectivity index (χ1v) is 8.64. The Balaban J connectivity index is 1.74. The van der Waals surface area contributed by atoms with Gasteiger partial charge in [-0.2, -0.15) is 5.10 Å². The molecule has 3 heterocycles. The number of hydrogen-bond acceptors (Lipinski definition) is 3. The molecule has 1 N–H and O–H groups in total. The highest BCUT2D eigenvalue weighted by Gasteiger charge is 2.14. The van der Waals surface area contributed by atoms with E-state index in [9.17, 15) is 0 Å². The second-order valence-electron chi connectivity index (χ2n) is 5.82. The number of aromatic nitrogens is 5. The average molecular weight is 372 g/mol. The van der Waals surface area contributed by atoms with Gasteiger partial charge in [0.2, 0.25) is 0 Å². The summed E-state index contributed by atoms with van der Waals surface area (Å²) < 4.78 is 1.98. The van der Waals surface area contributed by atoms with Gasteiger partial charge < -0.3 is 4.98 Å². The lowest BCUT2D eigenvalue weighted by Crippen LogP contribution is -2.03. The first-order valence-electron chi connectivity index (χ1n) is 7.88. The number of imidazole rings is 1. The standard InChI is InChI=1S/C18H15Cl2N5/c1-11-22-9-13(23-11)5-7-25-17-4-6-21-10-14(17)18(24-25)12-2-3-15(19)16(20)8-12/h2-4,6,8-10H,5,7H2,1H3,(H,22,23). The fraction of sp³-hybridized carbons (Fsp3) is 0.167. The van der Waals surface area contributed by atoms with Crippen LogP contribution in [0.5, 0.6) is 0 Å². The molecule has 0 spiro atoms. The molecule has 3 aromatic heterocycles. The maximum atomic E-state index is 6.17. The quantitative estimate of drug-likeness (QED) is 0.566. The molecule has 25 heavy (non-hydrogen) atoms. The average Bonchev–Trinajstić information content (AvgIpc) is 3.19. The molecule has 4 rings (SSSR count). The van der Waals surface area contributed by atoms with Crippen molar-refractivity contribution in [3.8, 4) is 11.3 Å². The van der Waals surface area contributed by atoms with Crippen LogP contribution in [0.2, 0.25) is 10.0 Å². The number of pyridine rings is 1. The van der Waals surface area contributed by atoms with Gasteiger partial charge in [0, 0.05) is 42.5 Å². The molecule has 126 valence electrons. The first-order chi connectivity index (χ1) is 12.1. The summed E-state index contributed by atoms with van der Waals surface area (Å²) in [6.07, 6.45) is 6.33. The van der Waals surface area contributed by atoms with Crippen molar-refractivity contribution in [2.75, 3.05) is 0 Å². The molecule has 0 aliphatic carbocycles. The summed E-state index contributed by atoms with van der Waals surface area (Å²) in [6.45, 7) is 2.67. The van der Waals surface area contributed by atoms with Gasteiger partial charge in [-0.1, -0.05) is 29.3 Å². The van der Waals surface area contributed by atoms with E-state index in [0.29, 0.717) is 10.0 Å². The highest BCUT2D eigenvalue weighted by Crippen LogP contribution is 2.32. The Morgan fingerprint density at radius 1 is 1.16 bits per heavy atom. The molecular weight excluding hydrogens is 357 g/mol. The van der Waals surface area contributed by atoms with Crippen LogP contribution in [0.1, 0.15) is 11.5 Å². The van der Waals surface area contributed by atoms with E-state index in [1.54, 1.807) is 12.3 Å². The number of aromatic amines is 1. The van der Waals surface area contributed by atoms with Crippen LogP contribution in [-0.4, -0.2) is 24.7 Å². The third kappa shape index (κ3) is 3.13. The van der Waals surface area contributed by atoms with Crippen LogP contribution in [0, 0.1) is 6.92 Å². The van der Waals surface area contributed by atoms with Gasteiger partial charge >= 0.3 is 0 Å². The third-order valence-electron chi connectivity index (χ3n) is 4.08. The largest absolute Gasteiger partial charge is 0.349 e. The van der Waals surface area contributed by atoms with Gasteiger partial charge in [-0.15, -0.1) is 0 Å². The first kappa shape index (κ1) is 16.1. The predicted octanol–water partition coefficient (Wildman–Crippen LogP) is 4.68. The Morgan fingerprint density at radius 2 is 2.04 bits per heavy atom. The molecule has 0 atom stereocenters. The zero-order chi connectivity index (χ0) is 17.4. The highest BCUT2D eigenvalue weighted by atomic mass is 35.5. The Bertz CT molecular complexity index is 1050. The Hall–Kier alpha value is -2.37. The van der Waals surface area contributed by atoms with Crippen molar-refractivity contribution in [1.29, 1.82) is 0 Å². The van der Waals surface area contributed by atoms with Crippen LogP contribution in [0.3, 0.4) is 0 Å². The topological polar surface area (TPSA) is 59.4 Å². The summed E-state index contributed by atoms with van der Waals surface area (Å²) in [5.41, 5.74) is 3.82. The maximum absolute atomic E-state index is 6.17. The number of benzene rings is 1. The van der Waals surface area contributed by atoms with Crippen molar-refractivity contribution < 1.29 is 0 Å². The molecule has 0 aliphatic heterocycles. The van der Waals surface area contributed by atoms with Crippen LogP contribution in [0.25, 0.3) is 22.2 Å². The molecule has 0 fully saturated rings. The minimum Gasteiger partial charge on any atom is -0.349 e. The molecule has 0 radical (unpaired) electrons. The van der Waals surface area contributed by atoms with Crippen LogP contribution >= 0.6 is 23.2 Å². The van der Waals surface area contributed by atoms with Gasteiger partial charge in [0.25, 0.3) is 0 Å². The molecule has 1 aromatic carbocycles. The third-order valence-corrected chi connectivity index (χ3v) is 4.82. The fourth-order valence-corrected chi connectivity index (χ4v) is 3.16. The van der Waals surface area contributed by atoms with E-state index in [4.69, 9.17) is 28.3 Å². The van der Waals surface area contributed by atoms with Crippen molar-refractivity contribution in [3.05, 3.63) is 64.4 Å². The van der Waals surface area contributed by atoms with Gasteiger partial charge in [-0.05, 0) is 25.1 Å². The molecule has 0 aliphatic rings. The van der Waals surface area contributed by atoms with Crippen LogP contribution in [-0.2, 0) is 13.0 Å². The van der Waals surface area contributed by atoms with Gasteiger partial charge in [0.05, 0.1) is 21.3 Å². The van der Waals surface area contributed by atoms with Crippen molar-refractivity contribution in [1.82, 2.24) is 24.7 Å². The van der Waals surface area contributed by atoms with Gasteiger partial charge in [0.1, 0.15) is 11.5 Å². The second-order valence-corrected chi connectivity index (χ2v) is 6.64. The number of rotatable bonds is 4. The van der Waals surface area contributed by atoms with Gasteiger partial charge in [-0.25, -0.2) is 4.98 Å². The zero-order valence-electron chi connectivity index (χ0n) is 13.5. The van der Waals surface area contributed by atoms with Gasteiger partial charge in [0.15, 0.2) is 0 Å². The minimum atomic E-state index is 0.512. The Labute approximate surface area is 154 Å². The Kier molecular flexibility index (Phi) is 4.19. The SMILES string of the molecule is Cc1nc(CCn2nc(-c3ccc(Cl)c(Cl)c3)c3cnccc32)c[nH]1. The molecule has 0 amide bonds. The van der Waals surface area contributed by atoms with Crippen molar-refractivity contribution in [2.24, 2.45) is 0 Å². The molecule has 0 saturated heterocycles. The normalized spacial score (nSPS) is 11.3. The van der Waals surface area contributed by atoms with E-state index in [2.05, 4.69) is 15.0 Å². The number of nitrogens with one attached hydrogen (secondary N) is 1. The highest BCUT2D eigenvalue weighted by molar-refractivity contribution is 6.42. The van der Waals surface area contributed by atoms with Crippen molar-refractivity contribution in [3.63, 3.8) is 0 Å². The predicted molar refractivity (Wildman–Crippen MR) is 100 cm³/mol. The lowest BCUT2D eigenvalue weighted by atomic mass is 10.1. The van der Waals surface area contributed by atoms with E-state index in [1.807, 2.05) is 42.2 Å². The zero-order valence-corrected chi connectivity index (χ0v) is 15.0. The molecular formula is C18H15Cl2N5. The van der Waals surface area contributed by atoms with Crippen molar-refractivity contribution in [2.45, 2.75) is 19.9 Å². The number of nitrogens with zero attached hydrogens (tertiary/aromatic N) is 4. The molecule has 0 unspecified atom stereocenters. The summed E-state index contributed by atoms with van der Waals surface area (Å²) in [6, 6.07) is 7.51. The molecule has 4 aromatic rings. The lowest BCUT2D eigenvalue weighted by Gasteiger charge is -2.02. The molecule has 5 nitrogen and oxygen atoms in total. The van der Waals surface area contributed by atoms with Crippen molar-refractivity contribution >= 4 is 34.1 Å². The van der Waals surface area contributed by atoms with E-state index in [0.717, 1.165) is 46.6 Å². The summed E-state index contributed by atoms with van der Waals surface area (Å²) in [4.78, 5) is 11.8. The van der Waals surface area contributed by atoms with E-state index in [1.165, 1.54) is 0 Å². The van der Waals surface area contributed by atoms with Crippen LogP contribution in [0.4, 0.5) is 0 Å². The second kappa shape index (κ2) is 6.50. The van der Waals surface area contributed by atoms with E-state index in [-0.39, 0.29) is 0 Å². The monoisotopic (exact) mass is 371 g/mol. The van der Waals surface area contributed by atoms with Gasteiger partial charge in [-0.3, -0.25) is 9.67 Å². The molecule has 0 saturated carbocycles. The number of hydrogen-bond donors (Lipinski definition) is 1. The number of fused-ring (bicyclic) bond motifs is 1. The summed E-state index contributed by atoms with van der Waals surface area (Å²) in [5.74, 6) is 0.918. The summed E-state index contributed by atoms with van der Waals surface area (Å²) in [5, 5.41) is 6.82. The molecule has 7 heteroatoms. The summed E-state index contributed by atoms with van der Waals surface area (Å²) >= 11 is 12.2. The lowest BCUT2D eigenvalue weighted by molar-refractivity contribution is 0.631. The van der Waals surface area contributed by atoms with E-state index < -0.39 is 0 Å². The van der Waals surface area contributed by atoms with Crippen LogP contribution in [0.15, 0.2) is 42.9 Å². The number of halogens is 2. The number of H-pyrrole nitrogens is 1. The van der Waals surface area contributed by atoms with E-state index >= 15 is 0 Å².